The van der Waals surface area contributed by atoms with Crippen LogP contribution in [-0.4, -0.2) is 64.7 Å². The zero-order chi connectivity index (χ0) is 15.3. The topological polar surface area (TPSA) is 78.5 Å². The average molecular weight is 348 g/mol. The highest BCUT2D eigenvalue weighted by molar-refractivity contribution is 7.90. The molecule has 1 aliphatic heterocycles. The van der Waals surface area contributed by atoms with Gasteiger partial charge in [-0.2, -0.15) is 0 Å². The number of nitrogens with one attached hydrogen (secondary N) is 2. The number of amides is 1. The molecular weight excluding hydrogens is 326 g/mol. The molecule has 1 aromatic carbocycles. The van der Waals surface area contributed by atoms with E-state index in [2.05, 4.69) is 15.5 Å². The maximum absolute atomic E-state index is 12.0. The van der Waals surface area contributed by atoms with E-state index in [9.17, 15) is 13.2 Å². The Morgan fingerprint density at radius 2 is 2.00 bits per heavy atom. The second kappa shape index (κ2) is 8.47. The fourth-order valence-corrected chi connectivity index (χ4v) is 2.90. The SMILES string of the molecule is CS(=O)(=O)c1cccc(C(=O)NCCN2CCNCC2)c1.Cl. The van der Waals surface area contributed by atoms with E-state index in [1.807, 2.05) is 0 Å². The number of rotatable bonds is 5. The minimum absolute atomic E-state index is 0. The van der Waals surface area contributed by atoms with Crippen LogP contribution in [0.4, 0.5) is 0 Å². The van der Waals surface area contributed by atoms with Crippen molar-refractivity contribution < 1.29 is 13.2 Å². The first kappa shape index (κ1) is 18.9. The summed E-state index contributed by atoms with van der Waals surface area (Å²) in [5, 5.41) is 6.10. The minimum Gasteiger partial charge on any atom is -0.351 e. The molecule has 1 saturated heterocycles. The molecule has 1 amide bonds. The monoisotopic (exact) mass is 347 g/mol. The van der Waals surface area contributed by atoms with E-state index in [1.54, 1.807) is 12.1 Å². The molecule has 1 aliphatic rings. The Morgan fingerprint density at radius 1 is 1.32 bits per heavy atom. The van der Waals surface area contributed by atoms with Crippen LogP contribution in [0.2, 0.25) is 0 Å². The van der Waals surface area contributed by atoms with Gasteiger partial charge in [-0.15, -0.1) is 12.4 Å². The highest BCUT2D eigenvalue weighted by Gasteiger charge is 2.12. The predicted octanol–water partition coefficient (Wildman–Crippen LogP) is 0.147. The third kappa shape index (κ3) is 5.57. The van der Waals surface area contributed by atoms with Crippen LogP contribution >= 0.6 is 12.4 Å². The van der Waals surface area contributed by atoms with Crippen LogP contribution in [0.3, 0.4) is 0 Å². The molecule has 0 radical (unpaired) electrons. The molecule has 8 heteroatoms. The summed E-state index contributed by atoms with van der Waals surface area (Å²) in [6, 6.07) is 6.11. The third-order valence-electron chi connectivity index (χ3n) is 3.45. The van der Waals surface area contributed by atoms with Gasteiger partial charge in [-0.25, -0.2) is 8.42 Å². The molecular formula is C14H22ClN3O3S. The first-order valence-electron chi connectivity index (χ1n) is 6.98. The van der Waals surface area contributed by atoms with E-state index in [4.69, 9.17) is 0 Å². The van der Waals surface area contributed by atoms with Crippen molar-refractivity contribution in [1.29, 1.82) is 0 Å². The summed E-state index contributed by atoms with van der Waals surface area (Å²) in [6.45, 7) is 5.29. The van der Waals surface area contributed by atoms with Gasteiger partial charge in [0.2, 0.25) is 0 Å². The predicted molar refractivity (Wildman–Crippen MR) is 88.4 cm³/mol. The average Bonchev–Trinajstić information content (AvgIpc) is 2.47. The number of hydrogen-bond acceptors (Lipinski definition) is 5. The van der Waals surface area contributed by atoms with Gasteiger partial charge >= 0.3 is 0 Å². The fraction of sp³-hybridized carbons (Fsp3) is 0.500. The standard InChI is InChI=1S/C14H21N3O3S.ClH/c1-21(19,20)13-4-2-3-12(11-13)14(18)16-7-10-17-8-5-15-6-9-17;/h2-4,11,15H,5-10H2,1H3,(H,16,18);1H. The number of carbonyl (C=O) groups is 1. The maximum atomic E-state index is 12.0. The maximum Gasteiger partial charge on any atom is 0.251 e. The van der Waals surface area contributed by atoms with Crippen LogP contribution < -0.4 is 10.6 Å². The summed E-state index contributed by atoms with van der Waals surface area (Å²) in [5.41, 5.74) is 0.373. The second-order valence-corrected chi connectivity index (χ2v) is 7.16. The highest BCUT2D eigenvalue weighted by Crippen LogP contribution is 2.11. The summed E-state index contributed by atoms with van der Waals surface area (Å²) in [7, 11) is -3.29. The molecule has 0 aliphatic carbocycles. The number of carbonyl (C=O) groups excluding carboxylic acids is 1. The summed E-state index contributed by atoms with van der Waals surface area (Å²) in [5.74, 6) is -0.240. The summed E-state index contributed by atoms with van der Waals surface area (Å²) in [4.78, 5) is 14.5. The summed E-state index contributed by atoms with van der Waals surface area (Å²) >= 11 is 0. The Labute approximate surface area is 137 Å². The smallest absolute Gasteiger partial charge is 0.251 e. The molecule has 1 heterocycles. The van der Waals surface area contributed by atoms with E-state index in [0.717, 1.165) is 39.0 Å². The van der Waals surface area contributed by atoms with Crippen LogP contribution in [0.25, 0.3) is 0 Å². The molecule has 0 saturated carbocycles. The van der Waals surface area contributed by atoms with E-state index < -0.39 is 9.84 Å². The Bertz CT molecular complexity index is 601. The van der Waals surface area contributed by atoms with Gasteiger partial charge in [0.1, 0.15) is 0 Å². The Morgan fingerprint density at radius 3 is 2.64 bits per heavy atom. The number of hydrogen-bond donors (Lipinski definition) is 2. The number of nitrogens with zero attached hydrogens (tertiary/aromatic N) is 1. The summed E-state index contributed by atoms with van der Waals surface area (Å²) in [6.07, 6.45) is 1.13. The largest absolute Gasteiger partial charge is 0.351 e. The Balaban J connectivity index is 0.00000242. The lowest BCUT2D eigenvalue weighted by molar-refractivity contribution is 0.0947. The molecule has 6 nitrogen and oxygen atoms in total. The molecule has 1 fully saturated rings. The van der Waals surface area contributed by atoms with Crippen molar-refractivity contribution >= 4 is 28.2 Å². The number of piperazine rings is 1. The van der Waals surface area contributed by atoms with Crippen molar-refractivity contribution in [1.82, 2.24) is 15.5 Å². The normalized spacial score (nSPS) is 15.9. The molecule has 0 aromatic heterocycles. The molecule has 1 aromatic rings. The first-order chi connectivity index (χ1) is 9.97. The fourth-order valence-electron chi connectivity index (χ4n) is 2.23. The lowest BCUT2D eigenvalue weighted by atomic mass is 10.2. The molecule has 0 spiro atoms. The van der Waals surface area contributed by atoms with Crippen molar-refractivity contribution in [3.8, 4) is 0 Å². The van der Waals surface area contributed by atoms with E-state index in [0.29, 0.717) is 12.1 Å². The second-order valence-electron chi connectivity index (χ2n) is 5.15. The molecule has 0 atom stereocenters. The molecule has 0 bridgehead atoms. The van der Waals surface area contributed by atoms with Gasteiger partial charge in [0, 0.05) is 51.1 Å². The van der Waals surface area contributed by atoms with Gasteiger partial charge < -0.3 is 10.6 Å². The van der Waals surface area contributed by atoms with Crippen molar-refractivity contribution in [2.24, 2.45) is 0 Å². The quantitative estimate of drug-likeness (QED) is 0.792. The van der Waals surface area contributed by atoms with Gasteiger partial charge in [0.25, 0.3) is 5.91 Å². The van der Waals surface area contributed by atoms with Gasteiger partial charge in [-0.3, -0.25) is 9.69 Å². The number of halogens is 1. The van der Waals surface area contributed by atoms with Crippen molar-refractivity contribution in [2.75, 3.05) is 45.5 Å². The van der Waals surface area contributed by atoms with Crippen LogP contribution in [-0.2, 0) is 9.84 Å². The molecule has 124 valence electrons. The van der Waals surface area contributed by atoms with Crippen LogP contribution in [0.15, 0.2) is 29.2 Å². The molecule has 0 unspecified atom stereocenters. The number of benzene rings is 1. The molecule has 2 rings (SSSR count). The van der Waals surface area contributed by atoms with Crippen LogP contribution in [0, 0.1) is 0 Å². The minimum atomic E-state index is -3.29. The third-order valence-corrected chi connectivity index (χ3v) is 4.56. The zero-order valence-electron chi connectivity index (χ0n) is 12.5. The Kier molecular flexibility index (Phi) is 7.28. The lowest BCUT2D eigenvalue weighted by Crippen LogP contribution is -2.46. The first-order valence-corrected chi connectivity index (χ1v) is 8.87. The van der Waals surface area contributed by atoms with Crippen molar-refractivity contribution in [3.63, 3.8) is 0 Å². The molecule has 2 N–H and O–H groups in total. The van der Waals surface area contributed by atoms with Gasteiger partial charge in [-0.1, -0.05) is 6.07 Å². The number of sulfone groups is 1. The van der Waals surface area contributed by atoms with E-state index in [-0.39, 0.29) is 23.2 Å². The zero-order valence-corrected chi connectivity index (χ0v) is 14.2. The van der Waals surface area contributed by atoms with Crippen LogP contribution in [0.5, 0.6) is 0 Å². The van der Waals surface area contributed by atoms with Crippen molar-refractivity contribution in [3.05, 3.63) is 29.8 Å². The van der Waals surface area contributed by atoms with Crippen LogP contribution in [0.1, 0.15) is 10.4 Å². The molecule has 22 heavy (non-hydrogen) atoms. The highest BCUT2D eigenvalue weighted by atomic mass is 35.5. The lowest BCUT2D eigenvalue weighted by Gasteiger charge is -2.27. The van der Waals surface area contributed by atoms with Gasteiger partial charge in [0.05, 0.1) is 4.90 Å². The Hall–Kier alpha value is -1.15. The van der Waals surface area contributed by atoms with Gasteiger partial charge in [-0.05, 0) is 18.2 Å². The van der Waals surface area contributed by atoms with E-state index in [1.165, 1.54) is 12.1 Å². The van der Waals surface area contributed by atoms with E-state index >= 15 is 0 Å². The van der Waals surface area contributed by atoms with Gasteiger partial charge in [0.15, 0.2) is 9.84 Å². The van der Waals surface area contributed by atoms with Crippen molar-refractivity contribution in [2.45, 2.75) is 4.90 Å². The summed E-state index contributed by atoms with van der Waals surface area (Å²) < 4.78 is 23.0.